The Balaban J connectivity index is 2.02. The largest absolute Gasteiger partial charge is 0.352 e. The topological polar surface area (TPSA) is 86.8 Å². The molecular weight excluding hydrogens is 534 g/mol. The highest BCUT2D eigenvalue weighted by Crippen LogP contribution is 2.25. The molecule has 9 heteroatoms. The summed E-state index contributed by atoms with van der Waals surface area (Å²) in [7, 11) is -4.09. The second kappa shape index (κ2) is 13.6. The maximum atomic E-state index is 14.0. The average molecular weight is 570 g/mol. The molecule has 0 saturated carbocycles. The molecule has 0 saturated heterocycles. The normalized spacial score (nSPS) is 12.8. The van der Waals surface area contributed by atoms with E-state index in [1.54, 1.807) is 66.7 Å². The van der Waals surface area contributed by atoms with Gasteiger partial charge >= 0.3 is 0 Å². The summed E-state index contributed by atoms with van der Waals surface area (Å²) in [5.41, 5.74) is 2.05. The molecule has 0 heterocycles. The number of para-hydroxylation sites is 1. The Morgan fingerprint density at radius 1 is 0.897 bits per heavy atom. The van der Waals surface area contributed by atoms with Gasteiger partial charge in [0.05, 0.1) is 10.6 Å². The molecule has 2 atom stereocenters. The predicted octanol–water partition coefficient (Wildman–Crippen LogP) is 5.57. The molecule has 0 aromatic heterocycles. The van der Waals surface area contributed by atoms with Crippen LogP contribution in [0.1, 0.15) is 44.7 Å². The van der Waals surface area contributed by atoms with Crippen LogP contribution in [0.3, 0.4) is 0 Å². The van der Waals surface area contributed by atoms with Crippen molar-refractivity contribution in [2.24, 2.45) is 0 Å². The first-order valence-corrected chi connectivity index (χ1v) is 14.9. The molecule has 1 N–H and O–H groups in total. The van der Waals surface area contributed by atoms with Crippen molar-refractivity contribution in [3.05, 3.63) is 95.0 Å². The van der Waals surface area contributed by atoms with E-state index in [1.165, 1.54) is 17.0 Å². The third-order valence-electron chi connectivity index (χ3n) is 6.59. The molecule has 3 aromatic carbocycles. The molecule has 39 heavy (non-hydrogen) atoms. The van der Waals surface area contributed by atoms with Gasteiger partial charge in [-0.25, -0.2) is 8.42 Å². The van der Waals surface area contributed by atoms with Gasteiger partial charge in [0, 0.05) is 17.6 Å². The summed E-state index contributed by atoms with van der Waals surface area (Å²) in [5, 5.41) is 3.52. The number of halogens is 1. The third kappa shape index (κ3) is 7.83. The quantitative estimate of drug-likeness (QED) is 0.309. The average Bonchev–Trinajstić information content (AvgIpc) is 2.93. The van der Waals surface area contributed by atoms with Gasteiger partial charge in [-0.3, -0.25) is 13.9 Å². The van der Waals surface area contributed by atoms with E-state index in [0.717, 1.165) is 21.9 Å². The van der Waals surface area contributed by atoms with Crippen LogP contribution in [0.25, 0.3) is 0 Å². The second-order valence-electron chi connectivity index (χ2n) is 9.55. The van der Waals surface area contributed by atoms with Crippen LogP contribution in [-0.2, 0) is 26.2 Å². The molecule has 0 aliphatic carbocycles. The number of nitrogens with one attached hydrogen (secondary N) is 1. The first-order valence-electron chi connectivity index (χ1n) is 13.1. The van der Waals surface area contributed by atoms with Crippen LogP contribution in [0.4, 0.5) is 5.69 Å². The lowest BCUT2D eigenvalue weighted by Crippen LogP contribution is -2.53. The van der Waals surface area contributed by atoms with Crippen LogP contribution in [-0.4, -0.2) is 43.8 Å². The first-order chi connectivity index (χ1) is 18.6. The zero-order valence-corrected chi connectivity index (χ0v) is 24.4. The van der Waals surface area contributed by atoms with Crippen molar-refractivity contribution in [2.75, 3.05) is 10.8 Å². The molecule has 7 nitrogen and oxygen atoms in total. The van der Waals surface area contributed by atoms with E-state index in [2.05, 4.69) is 5.32 Å². The number of nitrogens with zero attached hydrogens (tertiary/aromatic N) is 2. The standard InChI is InChI=1S/C30H36ClN3O4S/c1-5-23(4)32-30(36)28(6-2)33(20-24-14-16-25(31)17-15-24)29(35)21-34(26-10-8-7-9-11-26)39(37,38)27-18-12-22(3)13-19-27/h7-19,23,28H,5-6,20-21H2,1-4H3,(H,32,36). The van der Waals surface area contributed by atoms with Crippen LogP contribution in [0.5, 0.6) is 0 Å². The van der Waals surface area contributed by atoms with Crippen LogP contribution in [0.2, 0.25) is 5.02 Å². The number of anilines is 1. The summed E-state index contributed by atoms with van der Waals surface area (Å²) in [6.07, 6.45) is 1.10. The van der Waals surface area contributed by atoms with Crippen molar-refractivity contribution in [3.8, 4) is 0 Å². The third-order valence-corrected chi connectivity index (χ3v) is 8.63. The maximum absolute atomic E-state index is 14.0. The smallest absolute Gasteiger partial charge is 0.264 e. The Morgan fingerprint density at radius 3 is 2.08 bits per heavy atom. The zero-order valence-electron chi connectivity index (χ0n) is 22.8. The number of hydrogen-bond acceptors (Lipinski definition) is 4. The second-order valence-corrected chi connectivity index (χ2v) is 11.8. The number of rotatable bonds is 12. The minimum atomic E-state index is -4.09. The van der Waals surface area contributed by atoms with Gasteiger partial charge < -0.3 is 10.2 Å². The fourth-order valence-corrected chi connectivity index (χ4v) is 5.65. The molecule has 0 spiro atoms. The van der Waals surface area contributed by atoms with E-state index in [1.807, 2.05) is 27.7 Å². The van der Waals surface area contributed by atoms with E-state index in [0.29, 0.717) is 17.1 Å². The Morgan fingerprint density at radius 2 is 1.51 bits per heavy atom. The number of hydrogen-bond donors (Lipinski definition) is 1. The van der Waals surface area contributed by atoms with Gasteiger partial charge in [0.2, 0.25) is 11.8 Å². The summed E-state index contributed by atoms with van der Waals surface area (Å²) < 4.78 is 28.7. The maximum Gasteiger partial charge on any atom is 0.264 e. The molecule has 0 bridgehead atoms. The van der Waals surface area contributed by atoms with Crippen molar-refractivity contribution in [2.45, 2.75) is 64.1 Å². The first kappa shape index (κ1) is 30.2. The number of sulfonamides is 1. The summed E-state index contributed by atoms with van der Waals surface area (Å²) in [5.74, 6) is -0.766. The van der Waals surface area contributed by atoms with Gasteiger partial charge in [-0.2, -0.15) is 0 Å². The van der Waals surface area contributed by atoms with Crippen molar-refractivity contribution < 1.29 is 18.0 Å². The van der Waals surface area contributed by atoms with Gasteiger partial charge in [-0.1, -0.05) is 73.5 Å². The predicted molar refractivity (Wildman–Crippen MR) is 156 cm³/mol. The number of carbonyl (C=O) groups excluding carboxylic acids is 2. The van der Waals surface area contributed by atoms with Crippen molar-refractivity contribution in [1.82, 2.24) is 10.2 Å². The lowest BCUT2D eigenvalue weighted by atomic mass is 10.1. The molecule has 0 aliphatic rings. The van der Waals surface area contributed by atoms with Crippen LogP contribution < -0.4 is 9.62 Å². The number of aryl methyl sites for hydroxylation is 1. The van der Waals surface area contributed by atoms with Gasteiger partial charge in [0.1, 0.15) is 12.6 Å². The SMILES string of the molecule is CCC(C)NC(=O)C(CC)N(Cc1ccc(Cl)cc1)C(=O)CN(c1ccccc1)S(=O)(=O)c1ccc(C)cc1. The zero-order chi connectivity index (χ0) is 28.6. The summed E-state index contributed by atoms with van der Waals surface area (Å²) >= 11 is 6.06. The number of benzene rings is 3. The highest BCUT2D eigenvalue weighted by molar-refractivity contribution is 7.92. The molecule has 208 valence electrons. The van der Waals surface area contributed by atoms with E-state index in [4.69, 9.17) is 11.6 Å². The highest BCUT2D eigenvalue weighted by atomic mass is 35.5. The number of carbonyl (C=O) groups is 2. The Hall–Kier alpha value is -3.36. The highest BCUT2D eigenvalue weighted by Gasteiger charge is 2.33. The van der Waals surface area contributed by atoms with Crippen molar-refractivity contribution in [3.63, 3.8) is 0 Å². The molecule has 2 amide bonds. The van der Waals surface area contributed by atoms with Crippen LogP contribution in [0.15, 0.2) is 83.8 Å². The fourth-order valence-electron chi connectivity index (χ4n) is 4.11. The van der Waals surface area contributed by atoms with E-state index in [-0.39, 0.29) is 23.4 Å². The van der Waals surface area contributed by atoms with Gasteiger partial charge in [-0.15, -0.1) is 0 Å². The lowest BCUT2D eigenvalue weighted by Gasteiger charge is -2.33. The number of amides is 2. The fraction of sp³-hybridized carbons (Fsp3) is 0.333. The summed E-state index contributed by atoms with van der Waals surface area (Å²) in [6, 6.07) is 21.2. The van der Waals surface area contributed by atoms with Gasteiger partial charge in [0.15, 0.2) is 0 Å². The van der Waals surface area contributed by atoms with Crippen molar-refractivity contribution in [1.29, 1.82) is 0 Å². The van der Waals surface area contributed by atoms with Crippen molar-refractivity contribution >= 4 is 39.1 Å². The Labute approximate surface area is 236 Å². The molecule has 0 radical (unpaired) electrons. The molecular formula is C30H36ClN3O4S. The van der Waals surface area contributed by atoms with Gasteiger partial charge in [-0.05, 0) is 68.7 Å². The Kier molecular flexibility index (Phi) is 10.5. The van der Waals surface area contributed by atoms with E-state index in [9.17, 15) is 18.0 Å². The van der Waals surface area contributed by atoms with E-state index >= 15 is 0 Å². The van der Waals surface area contributed by atoms with Crippen LogP contribution in [0, 0.1) is 6.92 Å². The monoisotopic (exact) mass is 569 g/mol. The molecule has 3 rings (SSSR count). The molecule has 2 unspecified atom stereocenters. The summed E-state index contributed by atoms with van der Waals surface area (Å²) in [6.45, 7) is 7.23. The summed E-state index contributed by atoms with van der Waals surface area (Å²) in [4.78, 5) is 28.8. The van der Waals surface area contributed by atoms with Gasteiger partial charge in [0.25, 0.3) is 10.0 Å². The lowest BCUT2D eigenvalue weighted by molar-refractivity contribution is -0.140. The van der Waals surface area contributed by atoms with E-state index < -0.39 is 28.5 Å². The minimum absolute atomic E-state index is 0.0678. The molecule has 0 aliphatic heterocycles. The molecule has 0 fully saturated rings. The Bertz CT molecular complexity index is 1350. The molecule has 3 aromatic rings. The minimum Gasteiger partial charge on any atom is -0.352 e. The van der Waals surface area contributed by atoms with Crippen LogP contribution >= 0.6 is 11.6 Å².